The molecule has 1 saturated heterocycles. The van der Waals surface area contributed by atoms with Gasteiger partial charge < -0.3 is 15.0 Å². The quantitative estimate of drug-likeness (QED) is 0.943. The van der Waals surface area contributed by atoms with E-state index in [0.717, 1.165) is 31.0 Å². The summed E-state index contributed by atoms with van der Waals surface area (Å²) in [5.74, 6) is 0.591. The van der Waals surface area contributed by atoms with Gasteiger partial charge in [0.25, 0.3) is 5.91 Å². The third-order valence-electron chi connectivity index (χ3n) is 3.94. The zero-order valence-electron chi connectivity index (χ0n) is 13.3. The van der Waals surface area contributed by atoms with Crippen LogP contribution in [0, 0.1) is 0 Å². The second kappa shape index (κ2) is 7.24. The van der Waals surface area contributed by atoms with Crippen molar-refractivity contribution in [2.24, 2.45) is 0 Å². The topological polar surface area (TPSA) is 54.5 Å². The van der Waals surface area contributed by atoms with E-state index >= 15 is 0 Å². The summed E-state index contributed by atoms with van der Waals surface area (Å²) in [5, 5.41) is 2.98. The maximum Gasteiger partial charge on any atom is 0.259 e. The first kappa shape index (κ1) is 15.5. The molecule has 5 nitrogen and oxygen atoms in total. The number of ether oxygens (including phenoxy) is 1. The van der Waals surface area contributed by atoms with Gasteiger partial charge in [0.1, 0.15) is 5.82 Å². The van der Waals surface area contributed by atoms with Gasteiger partial charge in [0.2, 0.25) is 0 Å². The van der Waals surface area contributed by atoms with Crippen molar-refractivity contribution < 1.29 is 9.53 Å². The molecular formula is C18H21N3O2. The molecule has 23 heavy (non-hydrogen) atoms. The number of nitrogens with one attached hydrogen (secondary N) is 1. The Morgan fingerprint density at radius 2 is 2.09 bits per heavy atom. The third-order valence-corrected chi connectivity index (χ3v) is 3.94. The SMILES string of the molecule is CCc1cccc(NC(=O)c2cccnc2N2CCOCC2)c1. The zero-order chi connectivity index (χ0) is 16.1. The molecule has 0 unspecified atom stereocenters. The fraction of sp³-hybridized carbons (Fsp3) is 0.333. The Hall–Kier alpha value is -2.40. The Kier molecular flexibility index (Phi) is 4.88. The molecule has 1 aliphatic rings. The van der Waals surface area contributed by atoms with Gasteiger partial charge in [0.05, 0.1) is 18.8 Å². The van der Waals surface area contributed by atoms with E-state index in [1.165, 1.54) is 5.56 Å². The van der Waals surface area contributed by atoms with Gasteiger partial charge in [0, 0.05) is 25.0 Å². The van der Waals surface area contributed by atoms with Gasteiger partial charge in [-0.15, -0.1) is 0 Å². The molecule has 0 aliphatic carbocycles. The summed E-state index contributed by atoms with van der Waals surface area (Å²) >= 11 is 0. The lowest BCUT2D eigenvalue weighted by atomic mass is 10.1. The Morgan fingerprint density at radius 3 is 2.87 bits per heavy atom. The number of benzene rings is 1. The largest absolute Gasteiger partial charge is 0.378 e. The Bertz CT molecular complexity index is 681. The average Bonchev–Trinajstić information content (AvgIpc) is 2.62. The number of hydrogen-bond donors (Lipinski definition) is 1. The lowest BCUT2D eigenvalue weighted by Crippen LogP contribution is -2.38. The number of anilines is 2. The second-order valence-corrected chi connectivity index (χ2v) is 5.48. The summed E-state index contributed by atoms with van der Waals surface area (Å²) in [6.07, 6.45) is 2.66. The van der Waals surface area contributed by atoms with Gasteiger partial charge in [-0.3, -0.25) is 4.79 Å². The van der Waals surface area contributed by atoms with E-state index < -0.39 is 0 Å². The first-order valence-corrected chi connectivity index (χ1v) is 7.96. The van der Waals surface area contributed by atoms with E-state index in [2.05, 4.69) is 28.2 Å². The van der Waals surface area contributed by atoms with Crippen LogP contribution in [0.3, 0.4) is 0 Å². The van der Waals surface area contributed by atoms with E-state index in [4.69, 9.17) is 4.74 Å². The summed E-state index contributed by atoms with van der Waals surface area (Å²) in [6.45, 7) is 4.93. The minimum atomic E-state index is -0.132. The van der Waals surface area contributed by atoms with Gasteiger partial charge in [0.15, 0.2) is 0 Å². The van der Waals surface area contributed by atoms with Gasteiger partial charge in [-0.25, -0.2) is 4.98 Å². The molecule has 2 heterocycles. The van der Waals surface area contributed by atoms with Crippen LogP contribution in [0.15, 0.2) is 42.6 Å². The molecule has 1 fully saturated rings. The van der Waals surface area contributed by atoms with Gasteiger partial charge >= 0.3 is 0 Å². The molecule has 1 aromatic heterocycles. The van der Waals surface area contributed by atoms with Crippen molar-refractivity contribution in [3.05, 3.63) is 53.7 Å². The second-order valence-electron chi connectivity index (χ2n) is 5.48. The van der Waals surface area contributed by atoms with Crippen molar-refractivity contribution in [3.8, 4) is 0 Å². The zero-order valence-corrected chi connectivity index (χ0v) is 13.3. The molecule has 120 valence electrons. The predicted octanol–water partition coefficient (Wildman–Crippen LogP) is 2.73. The summed E-state index contributed by atoms with van der Waals surface area (Å²) in [7, 11) is 0. The van der Waals surface area contributed by atoms with E-state index in [0.29, 0.717) is 18.8 Å². The van der Waals surface area contributed by atoms with Crippen LogP contribution in [0.5, 0.6) is 0 Å². The molecular weight excluding hydrogens is 290 g/mol. The highest BCUT2D eigenvalue weighted by Crippen LogP contribution is 2.20. The van der Waals surface area contributed by atoms with Crippen molar-refractivity contribution in [2.45, 2.75) is 13.3 Å². The number of aryl methyl sites for hydroxylation is 1. The lowest BCUT2D eigenvalue weighted by molar-refractivity contribution is 0.102. The van der Waals surface area contributed by atoms with E-state index in [1.54, 1.807) is 12.3 Å². The number of hydrogen-bond acceptors (Lipinski definition) is 4. The number of amides is 1. The molecule has 1 N–H and O–H groups in total. The van der Waals surface area contributed by atoms with Crippen LogP contribution in [0.4, 0.5) is 11.5 Å². The molecule has 1 aromatic carbocycles. The minimum absolute atomic E-state index is 0.132. The van der Waals surface area contributed by atoms with E-state index in [1.807, 2.05) is 24.3 Å². The van der Waals surface area contributed by atoms with Crippen molar-refractivity contribution in [1.82, 2.24) is 4.98 Å². The molecule has 0 bridgehead atoms. The van der Waals surface area contributed by atoms with E-state index in [-0.39, 0.29) is 5.91 Å². The first-order valence-electron chi connectivity index (χ1n) is 7.96. The Balaban J connectivity index is 1.81. The number of nitrogens with zero attached hydrogens (tertiary/aromatic N) is 2. The smallest absolute Gasteiger partial charge is 0.259 e. The lowest BCUT2D eigenvalue weighted by Gasteiger charge is -2.29. The highest BCUT2D eigenvalue weighted by atomic mass is 16.5. The van der Waals surface area contributed by atoms with Crippen LogP contribution in [-0.4, -0.2) is 37.2 Å². The molecule has 3 rings (SSSR count). The monoisotopic (exact) mass is 311 g/mol. The standard InChI is InChI=1S/C18H21N3O2/c1-2-14-5-3-6-15(13-14)20-18(22)16-7-4-8-19-17(16)21-9-11-23-12-10-21/h3-8,13H,2,9-12H2,1H3,(H,20,22). The summed E-state index contributed by atoms with van der Waals surface area (Å²) in [4.78, 5) is 19.2. The van der Waals surface area contributed by atoms with Crippen LogP contribution < -0.4 is 10.2 Å². The molecule has 0 atom stereocenters. The molecule has 1 aliphatic heterocycles. The van der Waals surface area contributed by atoms with Gasteiger partial charge in [-0.05, 0) is 36.2 Å². The Morgan fingerprint density at radius 1 is 1.26 bits per heavy atom. The van der Waals surface area contributed by atoms with Gasteiger partial charge in [-0.1, -0.05) is 19.1 Å². The number of pyridine rings is 1. The van der Waals surface area contributed by atoms with Crippen LogP contribution in [0.1, 0.15) is 22.8 Å². The van der Waals surface area contributed by atoms with Crippen molar-refractivity contribution in [1.29, 1.82) is 0 Å². The number of aromatic nitrogens is 1. The van der Waals surface area contributed by atoms with Crippen LogP contribution in [0.25, 0.3) is 0 Å². The Labute approximate surface area is 136 Å². The van der Waals surface area contributed by atoms with Crippen molar-refractivity contribution in [3.63, 3.8) is 0 Å². The molecule has 1 amide bonds. The fourth-order valence-corrected chi connectivity index (χ4v) is 2.67. The van der Waals surface area contributed by atoms with Crippen molar-refractivity contribution >= 4 is 17.4 Å². The maximum atomic E-state index is 12.7. The predicted molar refractivity (Wildman–Crippen MR) is 91.0 cm³/mol. The minimum Gasteiger partial charge on any atom is -0.378 e. The number of morpholine rings is 1. The number of carbonyl (C=O) groups is 1. The fourth-order valence-electron chi connectivity index (χ4n) is 2.67. The van der Waals surface area contributed by atoms with Crippen LogP contribution >= 0.6 is 0 Å². The summed E-state index contributed by atoms with van der Waals surface area (Å²) in [6, 6.07) is 11.5. The van der Waals surface area contributed by atoms with Crippen molar-refractivity contribution in [2.75, 3.05) is 36.5 Å². The molecule has 0 spiro atoms. The van der Waals surface area contributed by atoms with E-state index in [9.17, 15) is 4.79 Å². The summed E-state index contributed by atoms with van der Waals surface area (Å²) in [5.41, 5.74) is 2.60. The molecule has 0 radical (unpaired) electrons. The van der Waals surface area contributed by atoms with Crippen LogP contribution in [-0.2, 0) is 11.2 Å². The maximum absolute atomic E-state index is 12.7. The van der Waals surface area contributed by atoms with Gasteiger partial charge in [-0.2, -0.15) is 0 Å². The first-order chi connectivity index (χ1) is 11.3. The third kappa shape index (κ3) is 3.68. The number of rotatable bonds is 4. The highest BCUT2D eigenvalue weighted by Gasteiger charge is 2.19. The molecule has 0 saturated carbocycles. The number of carbonyl (C=O) groups excluding carboxylic acids is 1. The molecule has 2 aromatic rings. The van der Waals surface area contributed by atoms with Crippen LogP contribution in [0.2, 0.25) is 0 Å². The molecule has 5 heteroatoms. The normalized spacial score (nSPS) is 14.6. The average molecular weight is 311 g/mol. The summed E-state index contributed by atoms with van der Waals surface area (Å²) < 4.78 is 5.37. The highest BCUT2D eigenvalue weighted by molar-refractivity contribution is 6.07.